The van der Waals surface area contributed by atoms with Gasteiger partial charge in [0.05, 0.1) is 6.07 Å². The minimum absolute atomic E-state index is 0.0108. The molecule has 0 fully saturated rings. The molecule has 1 amide bonds. The highest BCUT2D eigenvalue weighted by Crippen LogP contribution is 2.38. The molecule has 7 nitrogen and oxygen atoms in total. The molecule has 0 aromatic heterocycles. The second-order valence-electron chi connectivity index (χ2n) is 5.20. The number of carbonyl (C=O) groups excluding carboxylic acids is 3. The van der Waals surface area contributed by atoms with E-state index in [1.54, 1.807) is 0 Å². The van der Waals surface area contributed by atoms with Crippen LogP contribution in [-0.2, 0) is 19.8 Å². The number of amides is 1. The number of hydrogen-bond donors (Lipinski definition) is 2. The number of aliphatic carboxylic acids is 1. The van der Waals surface area contributed by atoms with E-state index in [-0.39, 0.29) is 16.1 Å². The second-order valence-corrected chi connectivity index (χ2v) is 5.64. The van der Waals surface area contributed by atoms with Crippen LogP contribution in [0.4, 0.5) is 0 Å². The summed E-state index contributed by atoms with van der Waals surface area (Å²) in [6.07, 6.45) is 0. The summed E-state index contributed by atoms with van der Waals surface area (Å²) in [7, 11) is 0. The third-order valence-electron chi connectivity index (χ3n) is 3.70. The summed E-state index contributed by atoms with van der Waals surface area (Å²) in [4.78, 5) is 47.6. The smallest absolute Gasteiger partial charge is 0.322 e. The number of fused-ring (bicyclic) bond motifs is 1. The monoisotopic (exact) mass is 334 g/mol. The molecule has 0 bridgehead atoms. The molecule has 1 aliphatic carbocycles. The molecule has 1 aromatic rings. The number of benzene rings is 1. The van der Waals surface area contributed by atoms with Gasteiger partial charge >= 0.3 is 5.97 Å². The zero-order chi connectivity index (χ0) is 17.4. The highest BCUT2D eigenvalue weighted by atomic mass is 35.5. The predicted octanol–water partition coefficient (Wildman–Crippen LogP) is 0.704. The van der Waals surface area contributed by atoms with E-state index in [2.05, 4.69) is 0 Å². The third kappa shape index (κ3) is 2.69. The fourth-order valence-corrected chi connectivity index (χ4v) is 2.64. The molecule has 2 rings (SSSR count). The first-order valence-corrected chi connectivity index (χ1v) is 6.89. The number of nitriles is 1. The van der Waals surface area contributed by atoms with E-state index in [1.807, 2.05) is 11.4 Å². The maximum absolute atomic E-state index is 12.5. The summed E-state index contributed by atoms with van der Waals surface area (Å²) in [5.74, 6) is -5.83. The topological polar surface area (TPSA) is 124 Å². The SMILES string of the molecule is CC1(C#N)C(=O)C(C(=O)NCC(=O)O)C(=O)c2cc(Cl)ccc21. The summed E-state index contributed by atoms with van der Waals surface area (Å²) in [5, 5.41) is 20.2. The van der Waals surface area contributed by atoms with Crippen molar-refractivity contribution in [3.63, 3.8) is 0 Å². The van der Waals surface area contributed by atoms with E-state index in [0.29, 0.717) is 0 Å². The van der Waals surface area contributed by atoms with Crippen LogP contribution in [0.25, 0.3) is 0 Å². The van der Waals surface area contributed by atoms with Crippen LogP contribution in [0, 0.1) is 17.2 Å². The van der Waals surface area contributed by atoms with Crippen LogP contribution in [0.1, 0.15) is 22.8 Å². The van der Waals surface area contributed by atoms with Gasteiger partial charge in [0.2, 0.25) is 5.91 Å². The molecular formula is C15H11ClN2O5. The number of ketones is 2. The lowest BCUT2D eigenvalue weighted by atomic mass is 9.66. The zero-order valence-corrected chi connectivity index (χ0v) is 12.7. The average molecular weight is 335 g/mol. The molecular weight excluding hydrogens is 324 g/mol. The van der Waals surface area contributed by atoms with Crippen molar-refractivity contribution in [2.75, 3.05) is 6.54 Å². The van der Waals surface area contributed by atoms with Gasteiger partial charge in [-0.25, -0.2) is 0 Å². The average Bonchev–Trinajstić information content (AvgIpc) is 2.50. The van der Waals surface area contributed by atoms with Crippen molar-refractivity contribution in [2.24, 2.45) is 5.92 Å². The first-order chi connectivity index (χ1) is 10.7. The number of carbonyl (C=O) groups is 4. The largest absolute Gasteiger partial charge is 0.480 e. The van der Waals surface area contributed by atoms with E-state index in [0.717, 1.165) is 0 Å². The summed E-state index contributed by atoms with van der Waals surface area (Å²) < 4.78 is 0. The summed E-state index contributed by atoms with van der Waals surface area (Å²) in [6, 6.07) is 5.98. The third-order valence-corrected chi connectivity index (χ3v) is 3.94. The molecule has 0 aliphatic heterocycles. The van der Waals surface area contributed by atoms with Gasteiger partial charge in [0, 0.05) is 10.6 Å². The molecule has 0 spiro atoms. The maximum atomic E-state index is 12.5. The van der Waals surface area contributed by atoms with Gasteiger partial charge in [0.25, 0.3) is 0 Å². The lowest BCUT2D eigenvalue weighted by molar-refractivity contribution is -0.140. The Kier molecular flexibility index (Phi) is 4.21. The maximum Gasteiger partial charge on any atom is 0.322 e. The molecule has 2 N–H and O–H groups in total. The number of halogens is 1. The van der Waals surface area contributed by atoms with Crippen LogP contribution in [0.3, 0.4) is 0 Å². The van der Waals surface area contributed by atoms with Crippen LogP contribution in [0.15, 0.2) is 18.2 Å². The van der Waals surface area contributed by atoms with Gasteiger partial charge in [-0.05, 0) is 24.6 Å². The number of hydrogen-bond acceptors (Lipinski definition) is 5. The Morgan fingerprint density at radius 3 is 2.65 bits per heavy atom. The summed E-state index contributed by atoms with van der Waals surface area (Å²) >= 11 is 5.85. The Hall–Kier alpha value is -2.72. The number of carboxylic acids is 1. The Bertz CT molecular complexity index is 783. The minimum Gasteiger partial charge on any atom is -0.480 e. The molecule has 118 valence electrons. The Balaban J connectivity index is 2.54. The first-order valence-electron chi connectivity index (χ1n) is 6.51. The van der Waals surface area contributed by atoms with Gasteiger partial charge in [0.15, 0.2) is 17.5 Å². The number of carboxylic acid groups (broad SMARTS) is 1. The van der Waals surface area contributed by atoms with Gasteiger partial charge in [-0.3, -0.25) is 19.2 Å². The Morgan fingerprint density at radius 2 is 2.09 bits per heavy atom. The lowest BCUT2D eigenvalue weighted by Crippen LogP contribution is -2.52. The van der Waals surface area contributed by atoms with Crippen LogP contribution in [0.5, 0.6) is 0 Å². The number of nitrogens with zero attached hydrogens (tertiary/aromatic N) is 1. The molecule has 23 heavy (non-hydrogen) atoms. The van der Waals surface area contributed by atoms with Gasteiger partial charge in [-0.2, -0.15) is 5.26 Å². The normalized spacial score (nSPS) is 22.9. The van der Waals surface area contributed by atoms with E-state index < -0.39 is 41.3 Å². The summed E-state index contributed by atoms with van der Waals surface area (Å²) in [5.41, 5.74) is -1.50. The quantitative estimate of drug-likeness (QED) is 0.784. The fraction of sp³-hybridized carbons (Fsp3) is 0.267. The van der Waals surface area contributed by atoms with Crippen LogP contribution < -0.4 is 5.32 Å². The standard InChI is InChI=1S/C15H11ClN2O5/c1-15(6-17)9-3-2-7(16)4-8(9)12(21)11(13(15)22)14(23)18-5-10(19)20/h2-4,11H,5H2,1H3,(H,18,23)(H,19,20). The van der Waals surface area contributed by atoms with Crippen molar-refractivity contribution in [1.82, 2.24) is 5.32 Å². The highest BCUT2D eigenvalue weighted by molar-refractivity contribution is 6.33. The molecule has 1 aromatic carbocycles. The van der Waals surface area contributed by atoms with E-state index in [1.165, 1.54) is 25.1 Å². The second kappa shape index (κ2) is 5.82. The molecule has 1 aliphatic rings. The van der Waals surface area contributed by atoms with Crippen molar-refractivity contribution >= 4 is 35.0 Å². The van der Waals surface area contributed by atoms with E-state index in [4.69, 9.17) is 16.7 Å². The molecule has 2 unspecified atom stereocenters. The van der Waals surface area contributed by atoms with Crippen molar-refractivity contribution in [2.45, 2.75) is 12.3 Å². The number of Topliss-reactive ketones (excluding diaryl/α,β-unsaturated/α-hetero) is 2. The zero-order valence-electron chi connectivity index (χ0n) is 11.9. The van der Waals surface area contributed by atoms with Crippen LogP contribution in [0.2, 0.25) is 5.02 Å². The molecule has 8 heteroatoms. The predicted molar refractivity (Wildman–Crippen MR) is 77.9 cm³/mol. The fourth-order valence-electron chi connectivity index (χ4n) is 2.47. The Morgan fingerprint density at radius 1 is 1.43 bits per heavy atom. The van der Waals surface area contributed by atoms with Crippen LogP contribution in [-0.4, -0.2) is 35.1 Å². The minimum atomic E-state index is -1.77. The van der Waals surface area contributed by atoms with Crippen molar-refractivity contribution in [3.05, 3.63) is 34.3 Å². The van der Waals surface area contributed by atoms with E-state index in [9.17, 15) is 24.4 Å². The molecule has 0 radical (unpaired) electrons. The van der Waals surface area contributed by atoms with Crippen molar-refractivity contribution < 1.29 is 24.3 Å². The van der Waals surface area contributed by atoms with Gasteiger partial charge in [-0.1, -0.05) is 17.7 Å². The van der Waals surface area contributed by atoms with Crippen LogP contribution >= 0.6 is 11.6 Å². The van der Waals surface area contributed by atoms with Gasteiger partial charge < -0.3 is 10.4 Å². The molecule has 2 atom stereocenters. The van der Waals surface area contributed by atoms with Gasteiger partial charge in [-0.15, -0.1) is 0 Å². The summed E-state index contributed by atoms with van der Waals surface area (Å²) in [6.45, 7) is 0.577. The van der Waals surface area contributed by atoms with Crippen molar-refractivity contribution in [1.29, 1.82) is 5.26 Å². The van der Waals surface area contributed by atoms with Gasteiger partial charge in [0.1, 0.15) is 12.0 Å². The van der Waals surface area contributed by atoms with Crippen molar-refractivity contribution in [3.8, 4) is 6.07 Å². The highest BCUT2D eigenvalue weighted by Gasteiger charge is 2.52. The Labute approximate surface area is 135 Å². The molecule has 0 heterocycles. The molecule has 0 saturated heterocycles. The number of rotatable bonds is 3. The molecule has 0 saturated carbocycles. The number of nitrogens with one attached hydrogen (secondary N) is 1. The first kappa shape index (κ1) is 16.6. The van der Waals surface area contributed by atoms with E-state index >= 15 is 0 Å². The lowest BCUT2D eigenvalue weighted by Gasteiger charge is -2.32.